The number of phenols is 1. The van der Waals surface area contributed by atoms with Gasteiger partial charge in [0.15, 0.2) is 5.82 Å². The van der Waals surface area contributed by atoms with Crippen LogP contribution in [0.1, 0.15) is 17.0 Å². The number of aromatic hydroxyl groups is 1. The van der Waals surface area contributed by atoms with Crippen molar-refractivity contribution in [1.82, 2.24) is 29.5 Å². The SMILES string of the molecule is Oc1ccc(C=Cc2ncn(CC(O)(Cn3cncn3)c3ccc(F)cc3F)n2)cc1. The molecule has 0 aliphatic carbocycles. The second-order valence-corrected chi connectivity index (χ2v) is 6.97. The Labute approximate surface area is 175 Å². The summed E-state index contributed by atoms with van der Waals surface area (Å²) in [5.74, 6) is -1.09. The zero-order chi connectivity index (χ0) is 21.8. The van der Waals surface area contributed by atoms with Gasteiger partial charge in [0, 0.05) is 11.6 Å². The molecule has 0 fully saturated rings. The van der Waals surface area contributed by atoms with Crippen LogP contribution in [0.15, 0.2) is 61.4 Å². The maximum Gasteiger partial charge on any atom is 0.173 e. The Morgan fingerprint density at radius 3 is 2.45 bits per heavy atom. The molecule has 1 atom stereocenters. The molecule has 0 amide bonds. The zero-order valence-electron chi connectivity index (χ0n) is 16.2. The van der Waals surface area contributed by atoms with Crippen LogP contribution in [0.25, 0.3) is 12.2 Å². The first-order valence-electron chi connectivity index (χ1n) is 9.28. The van der Waals surface area contributed by atoms with Gasteiger partial charge in [0.2, 0.25) is 0 Å². The molecule has 8 nitrogen and oxygen atoms in total. The molecule has 0 aliphatic heterocycles. The lowest BCUT2D eigenvalue weighted by molar-refractivity contribution is -0.00857. The average molecular weight is 424 g/mol. The Balaban J connectivity index is 1.59. The number of rotatable bonds is 7. The molecule has 10 heteroatoms. The number of benzene rings is 2. The second-order valence-electron chi connectivity index (χ2n) is 6.97. The number of nitrogens with zero attached hydrogens (tertiary/aromatic N) is 6. The minimum Gasteiger partial charge on any atom is -0.508 e. The highest BCUT2D eigenvalue weighted by Gasteiger charge is 2.34. The van der Waals surface area contributed by atoms with Gasteiger partial charge in [-0.15, -0.1) is 0 Å². The third kappa shape index (κ3) is 4.81. The van der Waals surface area contributed by atoms with E-state index in [9.17, 15) is 19.0 Å². The van der Waals surface area contributed by atoms with Crippen molar-refractivity contribution in [2.45, 2.75) is 18.7 Å². The predicted octanol–water partition coefficient (Wildman–Crippen LogP) is 2.61. The molecule has 158 valence electrons. The largest absolute Gasteiger partial charge is 0.508 e. The molecule has 0 saturated carbocycles. The van der Waals surface area contributed by atoms with Crippen LogP contribution in [0.3, 0.4) is 0 Å². The molecule has 0 aliphatic rings. The van der Waals surface area contributed by atoms with E-state index in [1.54, 1.807) is 36.4 Å². The maximum atomic E-state index is 14.5. The summed E-state index contributed by atoms with van der Waals surface area (Å²) in [4.78, 5) is 8.01. The summed E-state index contributed by atoms with van der Waals surface area (Å²) in [6.07, 6.45) is 7.52. The Morgan fingerprint density at radius 1 is 0.968 bits per heavy atom. The molecule has 2 N–H and O–H groups in total. The van der Waals surface area contributed by atoms with E-state index in [0.717, 1.165) is 17.7 Å². The van der Waals surface area contributed by atoms with Crippen LogP contribution in [0.4, 0.5) is 8.78 Å². The molecular weight excluding hydrogens is 406 g/mol. The van der Waals surface area contributed by atoms with Gasteiger partial charge in [-0.05, 0) is 29.8 Å². The standard InChI is InChI=1S/C21H18F2N6O2/c22-16-4-7-18(19(23)9-16)21(31,10-28-13-24-12-26-28)11-29-14-25-20(27-29)8-3-15-1-5-17(30)6-2-15/h1-9,12-14,30-31H,10-11H2. The number of aromatic nitrogens is 6. The van der Waals surface area contributed by atoms with E-state index in [1.165, 1.54) is 34.4 Å². The Morgan fingerprint density at radius 2 is 1.74 bits per heavy atom. The van der Waals surface area contributed by atoms with Gasteiger partial charge >= 0.3 is 0 Å². The molecule has 0 spiro atoms. The molecule has 31 heavy (non-hydrogen) atoms. The van der Waals surface area contributed by atoms with Crippen LogP contribution in [-0.2, 0) is 18.7 Å². The Kier molecular flexibility index (Phi) is 5.54. The topological polar surface area (TPSA) is 102 Å². The molecule has 2 aromatic heterocycles. The highest BCUT2D eigenvalue weighted by molar-refractivity contribution is 5.66. The van der Waals surface area contributed by atoms with Gasteiger partial charge in [-0.25, -0.2) is 28.1 Å². The number of halogens is 2. The summed E-state index contributed by atoms with van der Waals surface area (Å²) in [5, 5.41) is 28.9. The van der Waals surface area contributed by atoms with E-state index in [1.807, 2.05) is 0 Å². The van der Waals surface area contributed by atoms with Crippen molar-refractivity contribution >= 4 is 12.2 Å². The first-order valence-corrected chi connectivity index (χ1v) is 9.28. The molecule has 4 aromatic rings. The Bertz CT molecular complexity index is 1190. The van der Waals surface area contributed by atoms with Crippen LogP contribution in [0.5, 0.6) is 5.75 Å². The maximum absolute atomic E-state index is 14.5. The van der Waals surface area contributed by atoms with Crippen LogP contribution < -0.4 is 0 Å². The van der Waals surface area contributed by atoms with Gasteiger partial charge in [-0.2, -0.15) is 10.2 Å². The average Bonchev–Trinajstić information content (AvgIpc) is 3.39. The molecule has 0 saturated heterocycles. The van der Waals surface area contributed by atoms with Crippen molar-refractivity contribution in [3.63, 3.8) is 0 Å². The molecule has 1 unspecified atom stereocenters. The van der Waals surface area contributed by atoms with Gasteiger partial charge in [0.05, 0.1) is 13.1 Å². The zero-order valence-corrected chi connectivity index (χ0v) is 16.2. The van der Waals surface area contributed by atoms with Crippen LogP contribution in [0.2, 0.25) is 0 Å². The van der Waals surface area contributed by atoms with Gasteiger partial charge in [-0.3, -0.25) is 0 Å². The van der Waals surface area contributed by atoms with Crippen molar-refractivity contribution in [3.05, 3.63) is 90.0 Å². The van der Waals surface area contributed by atoms with Crippen molar-refractivity contribution in [3.8, 4) is 5.75 Å². The minimum absolute atomic E-state index is 0.0962. The molecule has 2 heterocycles. The predicted molar refractivity (Wildman–Crippen MR) is 107 cm³/mol. The quantitative estimate of drug-likeness (QED) is 0.473. The summed E-state index contributed by atoms with van der Waals surface area (Å²) < 4.78 is 30.6. The van der Waals surface area contributed by atoms with Crippen LogP contribution in [-0.4, -0.2) is 39.7 Å². The third-order valence-electron chi connectivity index (χ3n) is 4.62. The number of hydrogen-bond acceptors (Lipinski definition) is 6. The number of phenolic OH excluding ortho intramolecular Hbond substituents is 1. The summed E-state index contributed by atoms with van der Waals surface area (Å²) in [6.45, 7) is -0.288. The van der Waals surface area contributed by atoms with Crippen molar-refractivity contribution < 1.29 is 19.0 Å². The van der Waals surface area contributed by atoms with Gasteiger partial charge in [-0.1, -0.05) is 24.3 Å². The smallest absolute Gasteiger partial charge is 0.173 e. The summed E-state index contributed by atoms with van der Waals surface area (Å²) >= 11 is 0. The molecular formula is C21H18F2N6O2. The van der Waals surface area contributed by atoms with Gasteiger partial charge < -0.3 is 10.2 Å². The van der Waals surface area contributed by atoms with Gasteiger partial charge in [0.25, 0.3) is 0 Å². The van der Waals surface area contributed by atoms with E-state index < -0.39 is 17.2 Å². The molecule has 4 rings (SSSR count). The van der Waals surface area contributed by atoms with E-state index in [4.69, 9.17) is 0 Å². The normalized spacial score (nSPS) is 13.5. The monoisotopic (exact) mass is 424 g/mol. The molecule has 0 bridgehead atoms. The van der Waals surface area contributed by atoms with E-state index in [-0.39, 0.29) is 24.4 Å². The fourth-order valence-electron chi connectivity index (χ4n) is 3.16. The fourth-order valence-corrected chi connectivity index (χ4v) is 3.16. The van der Waals surface area contributed by atoms with Crippen LogP contribution in [0, 0.1) is 11.6 Å². The highest BCUT2D eigenvalue weighted by Crippen LogP contribution is 2.28. The lowest BCUT2D eigenvalue weighted by atomic mass is 9.93. The lowest BCUT2D eigenvalue weighted by Crippen LogP contribution is -2.37. The lowest BCUT2D eigenvalue weighted by Gasteiger charge is -2.28. The molecule has 2 aromatic carbocycles. The first kappa shape index (κ1) is 20.4. The molecule has 0 radical (unpaired) electrons. The second kappa shape index (κ2) is 8.44. The van der Waals surface area contributed by atoms with Crippen molar-refractivity contribution in [2.24, 2.45) is 0 Å². The first-order chi connectivity index (χ1) is 14.9. The van der Waals surface area contributed by atoms with E-state index in [0.29, 0.717) is 5.82 Å². The fraction of sp³-hybridized carbons (Fsp3) is 0.143. The summed E-state index contributed by atoms with van der Waals surface area (Å²) in [5.41, 5.74) is -1.05. The third-order valence-corrected chi connectivity index (χ3v) is 4.62. The number of aliphatic hydroxyl groups is 1. The van der Waals surface area contributed by atoms with E-state index in [2.05, 4.69) is 20.2 Å². The highest BCUT2D eigenvalue weighted by atomic mass is 19.1. The Hall–Kier alpha value is -3.92. The van der Waals surface area contributed by atoms with Crippen molar-refractivity contribution in [1.29, 1.82) is 0 Å². The van der Waals surface area contributed by atoms with Crippen LogP contribution >= 0.6 is 0 Å². The van der Waals surface area contributed by atoms with Gasteiger partial charge in [0.1, 0.15) is 42.0 Å². The van der Waals surface area contributed by atoms with Crippen molar-refractivity contribution in [2.75, 3.05) is 0 Å². The summed E-state index contributed by atoms with van der Waals surface area (Å²) in [6, 6.07) is 9.59. The minimum atomic E-state index is -1.79. The summed E-state index contributed by atoms with van der Waals surface area (Å²) in [7, 11) is 0. The van der Waals surface area contributed by atoms with E-state index >= 15 is 0 Å². The number of hydrogen-bond donors (Lipinski definition) is 2.